The molecule has 2 aliphatic heterocycles. The zero-order valence-corrected chi connectivity index (χ0v) is 11.5. The van der Waals surface area contributed by atoms with Gasteiger partial charge in [0.05, 0.1) is 11.0 Å². The van der Waals surface area contributed by atoms with Gasteiger partial charge in [-0.25, -0.2) is 0 Å². The van der Waals surface area contributed by atoms with Crippen LogP contribution < -0.4 is 0 Å². The number of ether oxygens (including phenoxy) is 1. The minimum Gasteiger partial charge on any atom is -0.481 e. The standard InChI is InChI=1S/C13H22O3S/c1-3-12(2,11(14)15)10-4-6-16-13(8-10)5-7-17-9-13/h10H,3-9H2,1-2H3,(H,14,15). The summed E-state index contributed by atoms with van der Waals surface area (Å²) in [5.41, 5.74) is -0.594. The van der Waals surface area contributed by atoms with Crippen molar-refractivity contribution in [2.24, 2.45) is 11.3 Å². The van der Waals surface area contributed by atoms with Crippen LogP contribution in [0.1, 0.15) is 39.5 Å². The second-order valence-electron chi connectivity index (χ2n) is 5.60. The molecule has 2 saturated heterocycles. The second kappa shape index (κ2) is 4.81. The Morgan fingerprint density at radius 1 is 1.65 bits per heavy atom. The van der Waals surface area contributed by atoms with Crippen molar-refractivity contribution in [1.82, 2.24) is 0 Å². The van der Waals surface area contributed by atoms with E-state index in [4.69, 9.17) is 4.74 Å². The largest absolute Gasteiger partial charge is 0.481 e. The van der Waals surface area contributed by atoms with Gasteiger partial charge in [0.15, 0.2) is 0 Å². The van der Waals surface area contributed by atoms with Crippen molar-refractivity contribution in [1.29, 1.82) is 0 Å². The monoisotopic (exact) mass is 258 g/mol. The van der Waals surface area contributed by atoms with E-state index in [1.807, 2.05) is 25.6 Å². The number of carboxylic acids is 1. The number of carbonyl (C=O) groups is 1. The molecule has 0 bridgehead atoms. The van der Waals surface area contributed by atoms with E-state index in [0.717, 1.165) is 37.4 Å². The summed E-state index contributed by atoms with van der Waals surface area (Å²) in [6.07, 6.45) is 3.61. The lowest BCUT2D eigenvalue weighted by atomic mass is 9.68. The van der Waals surface area contributed by atoms with Crippen molar-refractivity contribution >= 4 is 17.7 Å². The molecule has 2 aliphatic rings. The highest BCUT2D eigenvalue weighted by atomic mass is 32.2. The molecule has 3 nitrogen and oxygen atoms in total. The molecule has 2 rings (SSSR count). The Hall–Kier alpha value is -0.220. The van der Waals surface area contributed by atoms with Gasteiger partial charge in [-0.05, 0) is 44.3 Å². The average Bonchev–Trinajstić information content (AvgIpc) is 2.76. The number of rotatable bonds is 3. The van der Waals surface area contributed by atoms with E-state index < -0.39 is 11.4 Å². The van der Waals surface area contributed by atoms with E-state index in [-0.39, 0.29) is 11.5 Å². The van der Waals surface area contributed by atoms with Crippen LogP contribution in [-0.2, 0) is 9.53 Å². The van der Waals surface area contributed by atoms with Crippen molar-refractivity contribution in [3.63, 3.8) is 0 Å². The molecule has 1 N–H and O–H groups in total. The Labute approximate surface area is 107 Å². The van der Waals surface area contributed by atoms with E-state index in [1.54, 1.807) is 0 Å². The lowest BCUT2D eigenvalue weighted by Gasteiger charge is -2.43. The molecule has 0 saturated carbocycles. The van der Waals surface area contributed by atoms with Crippen molar-refractivity contribution in [2.75, 3.05) is 18.1 Å². The van der Waals surface area contributed by atoms with Gasteiger partial charge in [0.1, 0.15) is 0 Å². The Bertz CT molecular complexity index is 299. The van der Waals surface area contributed by atoms with Crippen LogP contribution in [0.5, 0.6) is 0 Å². The molecule has 4 heteroatoms. The average molecular weight is 258 g/mol. The van der Waals surface area contributed by atoms with Crippen molar-refractivity contribution in [3.8, 4) is 0 Å². The summed E-state index contributed by atoms with van der Waals surface area (Å²) in [7, 11) is 0. The van der Waals surface area contributed by atoms with Crippen LogP contribution in [0.3, 0.4) is 0 Å². The van der Waals surface area contributed by atoms with Crippen molar-refractivity contribution in [3.05, 3.63) is 0 Å². The van der Waals surface area contributed by atoms with Crippen LogP contribution in [0.15, 0.2) is 0 Å². The number of thioether (sulfide) groups is 1. The first-order chi connectivity index (χ1) is 8.02. The summed E-state index contributed by atoms with van der Waals surface area (Å²) < 4.78 is 5.96. The fourth-order valence-corrected chi connectivity index (χ4v) is 4.43. The topological polar surface area (TPSA) is 46.5 Å². The first kappa shape index (κ1) is 13.2. The molecule has 0 radical (unpaired) electrons. The number of hydrogen-bond acceptors (Lipinski definition) is 3. The zero-order valence-electron chi connectivity index (χ0n) is 10.7. The van der Waals surface area contributed by atoms with E-state index in [9.17, 15) is 9.90 Å². The van der Waals surface area contributed by atoms with Crippen molar-refractivity contribution in [2.45, 2.75) is 45.1 Å². The van der Waals surface area contributed by atoms with Crippen molar-refractivity contribution < 1.29 is 14.6 Å². The van der Waals surface area contributed by atoms with Crippen LogP contribution >= 0.6 is 11.8 Å². The molecule has 2 fully saturated rings. The molecule has 0 aromatic heterocycles. The molecule has 0 aliphatic carbocycles. The van der Waals surface area contributed by atoms with E-state index in [2.05, 4.69) is 0 Å². The third-order valence-electron chi connectivity index (χ3n) is 4.68. The third kappa shape index (κ3) is 2.34. The highest BCUT2D eigenvalue weighted by Crippen LogP contribution is 2.47. The van der Waals surface area contributed by atoms with Gasteiger partial charge in [0.25, 0.3) is 0 Å². The molecular formula is C13H22O3S. The molecule has 17 heavy (non-hydrogen) atoms. The predicted molar refractivity (Wildman–Crippen MR) is 69.4 cm³/mol. The fraction of sp³-hybridized carbons (Fsp3) is 0.923. The zero-order chi connectivity index (χ0) is 12.5. The first-order valence-corrected chi connectivity index (χ1v) is 7.63. The number of carboxylic acid groups (broad SMARTS) is 1. The normalized spacial score (nSPS) is 36.9. The van der Waals surface area contributed by atoms with Crippen LogP contribution in [0.4, 0.5) is 0 Å². The van der Waals surface area contributed by atoms with Crippen LogP contribution in [-0.4, -0.2) is 34.8 Å². The van der Waals surface area contributed by atoms with Crippen LogP contribution in [0, 0.1) is 11.3 Å². The third-order valence-corrected chi connectivity index (χ3v) is 5.91. The SMILES string of the molecule is CCC(C)(C(=O)O)C1CCOC2(CCSC2)C1. The maximum absolute atomic E-state index is 11.5. The molecule has 3 atom stereocenters. The summed E-state index contributed by atoms with van der Waals surface area (Å²) >= 11 is 1.94. The summed E-state index contributed by atoms with van der Waals surface area (Å²) in [6.45, 7) is 4.62. The number of aliphatic carboxylic acids is 1. The van der Waals surface area contributed by atoms with Gasteiger partial charge in [0, 0.05) is 12.4 Å². The molecule has 2 heterocycles. The highest BCUT2D eigenvalue weighted by Gasteiger charge is 2.48. The van der Waals surface area contributed by atoms with Gasteiger partial charge in [0.2, 0.25) is 0 Å². The van der Waals surface area contributed by atoms with E-state index >= 15 is 0 Å². The van der Waals surface area contributed by atoms with Gasteiger partial charge < -0.3 is 9.84 Å². The maximum Gasteiger partial charge on any atom is 0.309 e. The lowest BCUT2D eigenvalue weighted by Crippen LogP contribution is -2.47. The van der Waals surface area contributed by atoms with E-state index in [1.165, 1.54) is 0 Å². The molecule has 0 aromatic rings. The quantitative estimate of drug-likeness (QED) is 0.845. The highest BCUT2D eigenvalue weighted by molar-refractivity contribution is 7.99. The molecule has 0 aromatic carbocycles. The van der Waals surface area contributed by atoms with Crippen LogP contribution in [0.2, 0.25) is 0 Å². The van der Waals surface area contributed by atoms with Gasteiger partial charge in [-0.2, -0.15) is 11.8 Å². The Kier molecular flexibility index (Phi) is 3.74. The lowest BCUT2D eigenvalue weighted by molar-refractivity contribution is -0.160. The molecular weight excluding hydrogens is 236 g/mol. The fourth-order valence-electron chi connectivity index (χ4n) is 3.05. The second-order valence-corrected chi connectivity index (χ2v) is 6.71. The van der Waals surface area contributed by atoms with Gasteiger partial charge >= 0.3 is 5.97 Å². The summed E-state index contributed by atoms with van der Waals surface area (Å²) in [4.78, 5) is 11.5. The van der Waals surface area contributed by atoms with Gasteiger partial charge in [-0.1, -0.05) is 6.92 Å². The summed E-state index contributed by atoms with van der Waals surface area (Å²) in [5, 5.41) is 9.47. The minimum absolute atomic E-state index is 0.0144. The molecule has 98 valence electrons. The van der Waals surface area contributed by atoms with E-state index in [0.29, 0.717) is 6.42 Å². The molecule has 0 amide bonds. The Morgan fingerprint density at radius 3 is 2.94 bits per heavy atom. The minimum atomic E-state index is -0.646. The smallest absolute Gasteiger partial charge is 0.309 e. The molecule has 3 unspecified atom stereocenters. The first-order valence-electron chi connectivity index (χ1n) is 6.47. The van der Waals surface area contributed by atoms with Gasteiger partial charge in [-0.3, -0.25) is 4.79 Å². The molecule has 1 spiro atoms. The summed E-state index contributed by atoms with van der Waals surface area (Å²) in [5.74, 6) is 1.82. The predicted octanol–water partition coefficient (Wildman–Crippen LogP) is 2.79. The van der Waals surface area contributed by atoms with Gasteiger partial charge in [-0.15, -0.1) is 0 Å². The maximum atomic E-state index is 11.5. The summed E-state index contributed by atoms with van der Waals surface area (Å²) in [6, 6.07) is 0. The van der Waals surface area contributed by atoms with Crippen LogP contribution in [0.25, 0.3) is 0 Å². The number of hydrogen-bond donors (Lipinski definition) is 1. The Morgan fingerprint density at radius 2 is 2.41 bits per heavy atom. The Balaban J connectivity index is 2.13.